The Balaban J connectivity index is 2.36. The molecule has 1 aromatic carbocycles. The minimum Gasteiger partial charge on any atom is -0.494 e. The molecule has 0 aliphatic carbocycles. The molecule has 1 rings (SSSR count). The summed E-state index contributed by atoms with van der Waals surface area (Å²) in [4.78, 5) is 0. The molecule has 1 N–H and O–H groups in total. The lowest BCUT2D eigenvalue weighted by Gasteiger charge is -2.14. The normalized spacial score (nSPS) is 12.0. The Morgan fingerprint density at radius 1 is 1.29 bits per heavy atom. The van der Waals surface area contributed by atoms with Gasteiger partial charge in [0.1, 0.15) is 5.75 Å². The maximum absolute atomic E-state index is 8.93. The van der Waals surface area contributed by atoms with Gasteiger partial charge in [0.25, 0.3) is 0 Å². The molecule has 0 bridgehead atoms. The lowest BCUT2D eigenvalue weighted by Crippen LogP contribution is -2.08. The molecule has 0 heterocycles. The summed E-state index contributed by atoms with van der Waals surface area (Å²) in [6, 6.07) is 9.86. The monoisotopic (exact) mass is 288 g/mol. The van der Waals surface area contributed by atoms with Crippen molar-refractivity contribution in [3.8, 4) is 11.8 Å². The van der Waals surface area contributed by atoms with Crippen LogP contribution >= 0.6 is 0 Å². The average Bonchev–Trinajstić information content (AvgIpc) is 2.49. The quantitative estimate of drug-likeness (QED) is 0.334. The van der Waals surface area contributed by atoms with E-state index < -0.39 is 0 Å². The summed E-state index contributed by atoms with van der Waals surface area (Å²) in [6.07, 6.45) is 3.49. The van der Waals surface area contributed by atoms with Crippen LogP contribution in [0.3, 0.4) is 0 Å². The first-order valence-corrected chi connectivity index (χ1v) is 7.38. The van der Waals surface area contributed by atoms with Crippen LogP contribution in [-0.2, 0) is 0 Å². The van der Waals surface area contributed by atoms with Gasteiger partial charge in [-0.3, -0.25) is 0 Å². The zero-order chi connectivity index (χ0) is 15.7. The van der Waals surface area contributed by atoms with Crippen molar-refractivity contribution in [2.24, 2.45) is 10.6 Å². The topological polar surface area (TPSA) is 65.6 Å². The van der Waals surface area contributed by atoms with E-state index in [1.165, 1.54) is 0 Å². The van der Waals surface area contributed by atoms with Crippen molar-refractivity contribution < 1.29 is 9.94 Å². The van der Waals surface area contributed by atoms with Crippen LogP contribution < -0.4 is 4.74 Å². The molecule has 0 aromatic heterocycles. The maximum atomic E-state index is 8.93. The zero-order valence-corrected chi connectivity index (χ0v) is 13.1. The van der Waals surface area contributed by atoms with E-state index in [1.807, 2.05) is 45.0 Å². The third kappa shape index (κ3) is 5.86. The molecule has 4 heteroatoms. The summed E-state index contributed by atoms with van der Waals surface area (Å²) >= 11 is 0. The van der Waals surface area contributed by atoms with Crippen LogP contribution in [0.15, 0.2) is 29.4 Å². The smallest absolute Gasteiger partial charge is 0.119 e. The summed E-state index contributed by atoms with van der Waals surface area (Å²) in [5.74, 6) is 0.812. The fourth-order valence-electron chi connectivity index (χ4n) is 1.99. The Labute approximate surface area is 127 Å². The van der Waals surface area contributed by atoms with Crippen LogP contribution in [-0.4, -0.2) is 17.5 Å². The fourth-order valence-corrected chi connectivity index (χ4v) is 1.99. The number of benzene rings is 1. The minimum absolute atomic E-state index is 0.248. The first-order chi connectivity index (χ1) is 10.0. The van der Waals surface area contributed by atoms with Gasteiger partial charge in [0.2, 0.25) is 0 Å². The van der Waals surface area contributed by atoms with Gasteiger partial charge in [-0.05, 0) is 69.4 Å². The highest BCUT2D eigenvalue weighted by Gasteiger charge is 2.15. The van der Waals surface area contributed by atoms with Crippen LogP contribution in [0.4, 0.5) is 0 Å². The van der Waals surface area contributed by atoms with Crippen LogP contribution in [0, 0.1) is 16.7 Å². The number of ether oxygens (including phenoxy) is 1. The van der Waals surface area contributed by atoms with E-state index in [0.717, 1.165) is 30.6 Å². The van der Waals surface area contributed by atoms with Crippen LogP contribution in [0.5, 0.6) is 5.75 Å². The predicted octanol–water partition coefficient (Wildman–Crippen LogP) is 4.37. The Hall–Kier alpha value is -2.02. The van der Waals surface area contributed by atoms with Crippen molar-refractivity contribution in [2.45, 2.75) is 46.5 Å². The molecule has 1 aromatic rings. The summed E-state index contributed by atoms with van der Waals surface area (Å²) in [6.45, 7) is 6.51. The van der Waals surface area contributed by atoms with Crippen molar-refractivity contribution in [3.05, 3.63) is 29.8 Å². The molecular weight excluding hydrogens is 264 g/mol. The van der Waals surface area contributed by atoms with Crippen molar-refractivity contribution in [2.75, 3.05) is 6.61 Å². The molecule has 0 saturated carbocycles. The van der Waals surface area contributed by atoms with E-state index >= 15 is 0 Å². The summed E-state index contributed by atoms with van der Waals surface area (Å²) in [7, 11) is 0. The van der Waals surface area contributed by atoms with E-state index in [-0.39, 0.29) is 5.41 Å². The fraction of sp³-hybridized carbons (Fsp3) is 0.529. The van der Waals surface area contributed by atoms with E-state index in [2.05, 4.69) is 11.2 Å². The molecule has 0 atom stereocenters. The number of hydrogen-bond acceptors (Lipinski definition) is 4. The van der Waals surface area contributed by atoms with E-state index in [9.17, 15) is 0 Å². The molecule has 0 fully saturated rings. The van der Waals surface area contributed by atoms with Crippen LogP contribution in [0.1, 0.15) is 52.0 Å². The van der Waals surface area contributed by atoms with Gasteiger partial charge >= 0.3 is 0 Å². The Bertz CT molecular complexity index is 499. The first kappa shape index (κ1) is 17.0. The van der Waals surface area contributed by atoms with Gasteiger partial charge in [0.15, 0.2) is 0 Å². The van der Waals surface area contributed by atoms with E-state index in [4.69, 9.17) is 15.2 Å². The van der Waals surface area contributed by atoms with Crippen LogP contribution in [0.2, 0.25) is 0 Å². The second-order valence-electron chi connectivity index (χ2n) is 5.73. The van der Waals surface area contributed by atoms with E-state index in [1.54, 1.807) is 0 Å². The van der Waals surface area contributed by atoms with Gasteiger partial charge in [-0.2, -0.15) is 5.26 Å². The number of nitriles is 1. The Morgan fingerprint density at radius 3 is 2.48 bits per heavy atom. The maximum Gasteiger partial charge on any atom is 0.119 e. The Kier molecular flexibility index (Phi) is 6.74. The molecule has 0 unspecified atom stereocenters. The van der Waals surface area contributed by atoms with Gasteiger partial charge in [-0.15, -0.1) is 0 Å². The second kappa shape index (κ2) is 8.31. The van der Waals surface area contributed by atoms with Gasteiger partial charge in [-0.25, -0.2) is 0 Å². The highest BCUT2D eigenvalue weighted by molar-refractivity contribution is 6.00. The highest BCUT2D eigenvalue weighted by Crippen LogP contribution is 2.22. The van der Waals surface area contributed by atoms with Crippen molar-refractivity contribution in [1.29, 1.82) is 5.26 Å². The second-order valence-corrected chi connectivity index (χ2v) is 5.73. The summed E-state index contributed by atoms with van der Waals surface area (Å²) in [5, 5.41) is 21.1. The largest absolute Gasteiger partial charge is 0.494 e. The predicted molar refractivity (Wildman–Crippen MR) is 83.8 cm³/mol. The zero-order valence-electron chi connectivity index (χ0n) is 13.1. The van der Waals surface area contributed by atoms with Gasteiger partial charge in [0, 0.05) is 0 Å². The number of nitrogens with zero attached hydrogens (tertiary/aromatic N) is 2. The lowest BCUT2D eigenvalue weighted by molar-refractivity contribution is 0.295. The molecule has 0 aliphatic rings. The van der Waals surface area contributed by atoms with Crippen LogP contribution in [0.25, 0.3) is 0 Å². The van der Waals surface area contributed by atoms with Crippen molar-refractivity contribution >= 4 is 5.71 Å². The standard InChI is InChI=1S/C17H24N2O2/c1-4-16(19-20)14-7-9-15(10-8-14)21-12-6-5-11-17(2,3)13-18/h7-10,20H,4-6,11-12H2,1-3H3/b19-16-. The lowest BCUT2D eigenvalue weighted by atomic mass is 9.89. The summed E-state index contributed by atoms with van der Waals surface area (Å²) < 4.78 is 5.67. The number of oxime groups is 1. The average molecular weight is 288 g/mol. The molecular formula is C17H24N2O2. The van der Waals surface area contributed by atoms with E-state index in [0.29, 0.717) is 18.7 Å². The SMILES string of the molecule is CC/C(=N/O)c1ccc(OCCCCC(C)(C)C#N)cc1. The Morgan fingerprint density at radius 2 is 1.95 bits per heavy atom. The van der Waals surface area contributed by atoms with Crippen molar-refractivity contribution in [3.63, 3.8) is 0 Å². The molecule has 0 amide bonds. The van der Waals surface area contributed by atoms with Gasteiger partial charge < -0.3 is 9.94 Å². The van der Waals surface area contributed by atoms with Crippen molar-refractivity contribution in [1.82, 2.24) is 0 Å². The first-order valence-electron chi connectivity index (χ1n) is 7.38. The minimum atomic E-state index is -0.248. The van der Waals surface area contributed by atoms with Gasteiger partial charge in [0.05, 0.1) is 23.8 Å². The highest BCUT2D eigenvalue weighted by atomic mass is 16.5. The molecule has 4 nitrogen and oxygen atoms in total. The molecule has 0 saturated heterocycles. The third-order valence-electron chi connectivity index (χ3n) is 3.41. The number of unbranched alkanes of at least 4 members (excludes halogenated alkanes) is 1. The summed E-state index contributed by atoms with van der Waals surface area (Å²) in [5.41, 5.74) is 1.32. The molecule has 114 valence electrons. The molecule has 0 radical (unpaired) electrons. The third-order valence-corrected chi connectivity index (χ3v) is 3.41. The molecule has 21 heavy (non-hydrogen) atoms. The molecule has 0 aliphatic heterocycles. The molecule has 0 spiro atoms. The number of hydrogen-bond donors (Lipinski definition) is 1. The number of rotatable bonds is 8. The van der Waals surface area contributed by atoms with Gasteiger partial charge in [-0.1, -0.05) is 12.1 Å².